The van der Waals surface area contributed by atoms with E-state index in [1.807, 2.05) is 55.5 Å². The second-order valence-corrected chi connectivity index (χ2v) is 6.16. The molecule has 0 atom stereocenters. The van der Waals surface area contributed by atoms with E-state index >= 15 is 0 Å². The molecule has 0 aliphatic heterocycles. The molecule has 0 unspecified atom stereocenters. The summed E-state index contributed by atoms with van der Waals surface area (Å²) in [5, 5.41) is 6.13. The lowest BCUT2D eigenvalue weighted by molar-refractivity contribution is 0.102. The van der Waals surface area contributed by atoms with E-state index < -0.39 is 0 Å². The molecule has 3 rings (SSSR count). The summed E-state index contributed by atoms with van der Waals surface area (Å²) in [5.41, 5.74) is 3.26. The fourth-order valence-electron chi connectivity index (χ4n) is 2.25. The lowest BCUT2D eigenvalue weighted by Gasteiger charge is -2.10. The Balaban J connectivity index is 1.79. The number of nitrogens with one attached hydrogen (secondary N) is 2. The Bertz CT molecular complexity index is 880. The Labute approximate surface area is 149 Å². The first-order valence-electron chi connectivity index (χ1n) is 7.48. The molecular weight excluding hydrogens is 366 g/mol. The van der Waals surface area contributed by atoms with E-state index in [1.165, 1.54) is 0 Å². The number of aryl methyl sites for hydroxylation is 1. The number of aromatic nitrogens is 1. The smallest absolute Gasteiger partial charge is 0.255 e. The van der Waals surface area contributed by atoms with Crippen LogP contribution in [-0.2, 0) is 0 Å². The average molecular weight is 382 g/mol. The highest BCUT2D eigenvalue weighted by molar-refractivity contribution is 9.10. The molecule has 0 saturated heterocycles. The van der Waals surface area contributed by atoms with Crippen LogP contribution in [0.5, 0.6) is 0 Å². The van der Waals surface area contributed by atoms with Crippen molar-refractivity contribution in [2.45, 2.75) is 6.92 Å². The number of hydrogen-bond donors (Lipinski definition) is 2. The maximum Gasteiger partial charge on any atom is 0.255 e. The van der Waals surface area contributed by atoms with Gasteiger partial charge in [-0.15, -0.1) is 0 Å². The Morgan fingerprint density at radius 3 is 2.46 bits per heavy atom. The van der Waals surface area contributed by atoms with Crippen LogP contribution in [0.1, 0.15) is 15.9 Å². The first kappa shape index (κ1) is 16.2. The SMILES string of the molecule is Cc1ccccc1NC(=O)c1ccnc(Nc2ccccc2Br)c1. The minimum Gasteiger partial charge on any atom is -0.339 e. The van der Waals surface area contributed by atoms with Crippen molar-refractivity contribution in [1.29, 1.82) is 0 Å². The lowest BCUT2D eigenvalue weighted by atomic mass is 10.2. The van der Waals surface area contributed by atoms with Crippen LogP contribution in [0, 0.1) is 6.92 Å². The Morgan fingerprint density at radius 2 is 1.71 bits per heavy atom. The predicted molar refractivity (Wildman–Crippen MR) is 101 cm³/mol. The number of amides is 1. The van der Waals surface area contributed by atoms with Gasteiger partial charge in [-0.1, -0.05) is 30.3 Å². The zero-order valence-electron chi connectivity index (χ0n) is 13.1. The number of carbonyl (C=O) groups excluding carboxylic acids is 1. The molecule has 0 saturated carbocycles. The van der Waals surface area contributed by atoms with Crippen LogP contribution in [0.4, 0.5) is 17.2 Å². The highest BCUT2D eigenvalue weighted by Gasteiger charge is 2.09. The Morgan fingerprint density at radius 1 is 1.00 bits per heavy atom. The van der Waals surface area contributed by atoms with Gasteiger partial charge in [0.25, 0.3) is 5.91 Å². The molecule has 0 aliphatic carbocycles. The van der Waals surface area contributed by atoms with Crippen molar-refractivity contribution in [3.8, 4) is 0 Å². The summed E-state index contributed by atoms with van der Waals surface area (Å²) in [4.78, 5) is 16.7. The third kappa shape index (κ3) is 3.81. The van der Waals surface area contributed by atoms with Crippen LogP contribution in [-0.4, -0.2) is 10.9 Å². The van der Waals surface area contributed by atoms with Gasteiger partial charge in [-0.3, -0.25) is 4.79 Å². The molecule has 1 aromatic heterocycles. The number of pyridine rings is 1. The monoisotopic (exact) mass is 381 g/mol. The van der Waals surface area contributed by atoms with Gasteiger partial charge >= 0.3 is 0 Å². The van der Waals surface area contributed by atoms with E-state index in [2.05, 4.69) is 31.5 Å². The molecule has 1 amide bonds. The molecule has 24 heavy (non-hydrogen) atoms. The van der Waals surface area contributed by atoms with Gasteiger partial charge in [-0.2, -0.15) is 0 Å². The van der Waals surface area contributed by atoms with Crippen LogP contribution in [0.2, 0.25) is 0 Å². The number of para-hydroxylation sites is 2. The number of benzene rings is 2. The molecule has 5 heteroatoms. The zero-order valence-corrected chi connectivity index (χ0v) is 14.7. The third-order valence-corrected chi connectivity index (χ3v) is 4.24. The van der Waals surface area contributed by atoms with Gasteiger partial charge in [-0.25, -0.2) is 4.98 Å². The lowest BCUT2D eigenvalue weighted by Crippen LogP contribution is -2.13. The Hall–Kier alpha value is -2.66. The maximum absolute atomic E-state index is 12.5. The van der Waals surface area contributed by atoms with Gasteiger partial charge in [0.1, 0.15) is 5.82 Å². The van der Waals surface area contributed by atoms with E-state index in [0.29, 0.717) is 11.4 Å². The van der Waals surface area contributed by atoms with Crippen molar-refractivity contribution in [2.75, 3.05) is 10.6 Å². The maximum atomic E-state index is 12.5. The van der Waals surface area contributed by atoms with Gasteiger partial charge in [-0.05, 0) is 58.7 Å². The second-order valence-electron chi connectivity index (χ2n) is 5.30. The quantitative estimate of drug-likeness (QED) is 0.656. The van der Waals surface area contributed by atoms with Gasteiger partial charge < -0.3 is 10.6 Å². The Kier molecular flexibility index (Phi) is 4.91. The van der Waals surface area contributed by atoms with E-state index in [-0.39, 0.29) is 5.91 Å². The molecule has 0 fully saturated rings. The average Bonchev–Trinajstić information content (AvgIpc) is 2.59. The molecule has 0 spiro atoms. The van der Waals surface area contributed by atoms with Crippen molar-refractivity contribution in [2.24, 2.45) is 0 Å². The molecule has 2 aromatic carbocycles. The fraction of sp³-hybridized carbons (Fsp3) is 0.0526. The van der Waals surface area contributed by atoms with Crippen molar-refractivity contribution in [3.05, 3.63) is 82.5 Å². The van der Waals surface area contributed by atoms with Crippen LogP contribution in [0.15, 0.2) is 71.3 Å². The van der Waals surface area contributed by atoms with Crippen molar-refractivity contribution < 1.29 is 4.79 Å². The number of rotatable bonds is 4. The fourth-order valence-corrected chi connectivity index (χ4v) is 2.63. The highest BCUT2D eigenvalue weighted by Crippen LogP contribution is 2.24. The normalized spacial score (nSPS) is 10.2. The van der Waals surface area contributed by atoms with Crippen LogP contribution in [0.3, 0.4) is 0 Å². The van der Waals surface area contributed by atoms with Gasteiger partial charge in [0.05, 0.1) is 5.69 Å². The topological polar surface area (TPSA) is 54.0 Å². The van der Waals surface area contributed by atoms with Gasteiger partial charge in [0.2, 0.25) is 0 Å². The molecule has 4 nitrogen and oxygen atoms in total. The molecule has 2 N–H and O–H groups in total. The summed E-state index contributed by atoms with van der Waals surface area (Å²) in [5.74, 6) is 0.446. The number of nitrogens with zero attached hydrogens (tertiary/aromatic N) is 1. The molecule has 1 heterocycles. The number of carbonyl (C=O) groups is 1. The minimum absolute atomic E-state index is 0.165. The molecule has 0 bridgehead atoms. The summed E-state index contributed by atoms with van der Waals surface area (Å²) in [6.45, 7) is 1.96. The number of halogens is 1. The predicted octanol–water partition coefficient (Wildman–Crippen LogP) is 5.15. The summed E-state index contributed by atoms with van der Waals surface area (Å²) >= 11 is 3.48. The summed E-state index contributed by atoms with van der Waals surface area (Å²) in [6.07, 6.45) is 1.62. The second kappa shape index (κ2) is 7.27. The summed E-state index contributed by atoms with van der Waals surface area (Å²) in [6, 6.07) is 18.9. The van der Waals surface area contributed by atoms with E-state index in [4.69, 9.17) is 0 Å². The summed E-state index contributed by atoms with van der Waals surface area (Å²) in [7, 11) is 0. The van der Waals surface area contributed by atoms with Crippen molar-refractivity contribution >= 4 is 39.0 Å². The summed E-state index contributed by atoms with van der Waals surface area (Å²) < 4.78 is 0.932. The number of hydrogen-bond acceptors (Lipinski definition) is 3. The van der Waals surface area contributed by atoms with E-state index in [0.717, 1.165) is 21.4 Å². The molecule has 3 aromatic rings. The van der Waals surface area contributed by atoms with Crippen LogP contribution >= 0.6 is 15.9 Å². The molecule has 0 radical (unpaired) electrons. The minimum atomic E-state index is -0.165. The van der Waals surface area contributed by atoms with E-state index in [9.17, 15) is 4.79 Å². The molecule has 0 aliphatic rings. The third-order valence-electron chi connectivity index (χ3n) is 3.55. The van der Waals surface area contributed by atoms with Gasteiger partial charge in [0.15, 0.2) is 0 Å². The van der Waals surface area contributed by atoms with Gasteiger partial charge in [0, 0.05) is 21.9 Å². The first-order valence-corrected chi connectivity index (χ1v) is 8.27. The van der Waals surface area contributed by atoms with Crippen molar-refractivity contribution in [3.63, 3.8) is 0 Å². The largest absolute Gasteiger partial charge is 0.339 e. The molecule has 120 valence electrons. The number of anilines is 3. The molecular formula is C19H16BrN3O. The van der Waals surface area contributed by atoms with Crippen molar-refractivity contribution in [1.82, 2.24) is 4.98 Å². The zero-order chi connectivity index (χ0) is 16.9. The standard InChI is InChI=1S/C19H16BrN3O/c1-13-6-2-4-8-16(13)23-19(24)14-10-11-21-18(12-14)22-17-9-5-3-7-15(17)20/h2-12H,1H3,(H,21,22)(H,23,24). The van der Waals surface area contributed by atoms with Crippen LogP contribution in [0.25, 0.3) is 0 Å². The van der Waals surface area contributed by atoms with Crippen LogP contribution < -0.4 is 10.6 Å². The van der Waals surface area contributed by atoms with E-state index in [1.54, 1.807) is 18.3 Å². The highest BCUT2D eigenvalue weighted by atomic mass is 79.9. The first-order chi connectivity index (χ1) is 11.6.